The average Bonchev–Trinajstić information content (AvgIpc) is 2.64. The van der Waals surface area contributed by atoms with Crippen LogP contribution in [-0.4, -0.2) is 16.7 Å². The number of hydrogen-bond donors (Lipinski definition) is 1. The second-order valence-corrected chi connectivity index (χ2v) is 4.83. The second-order valence-electron chi connectivity index (χ2n) is 4.83. The van der Waals surface area contributed by atoms with Crippen molar-refractivity contribution in [3.63, 3.8) is 0 Å². The fraction of sp³-hybridized carbons (Fsp3) is 0.462. The van der Waals surface area contributed by atoms with E-state index in [0.29, 0.717) is 5.95 Å². The van der Waals surface area contributed by atoms with E-state index in [1.54, 1.807) is 7.11 Å². The predicted octanol–water partition coefficient (Wildman–Crippen LogP) is 2.77. The molecule has 1 aromatic heterocycles. The highest BCUT2D eigenvalue weighted by Crippen LogP contribution is 2.30. The van der Waals surface area contributed by atoms with Gasteiger partial charge in [-0.3, -0.25) is 0 Å². The fourth-order valence-electron chi connectivity index (χ4n) is 1.99. The molecule has 2 rings (SSSR count). The molecule has 0 aliphatic heterocycles. The maximum Gasteiger partial charge on any atom is 0.201 e. The topological polar surface area (TPSA) is 53.1 Å². The van der Waals surface area contributed by atoms with Crippen molar-refractivity contribution >= 4 is 17.0 Å². The van der Waals surface area contributed by atoms with E-state index < -0.39 is 0 Å². The molecule has 0 aliphatic rings. The number of nitrogens with zero attached hydrogens (tertiary/aromatic N) is 2. The van der Waals surface area contributed by atoms with Gasteiger partial charge in [0.1, 0.15) is 5.75 Å². The molecule has 4 nitrogen and oxygen atoms in total. The maximum atomic E-state index is 6.02. The van der Waals surface area contributed by atoms with Gasteiger partial charge >= 0.3 is 0 Å². The van der Waals surface area contributed by atoms with Crippen molar-refractivity contribution in [1.29, 1.82) is 0 Å². The van der Waals surface area contributed by atoms with E-state index in [0.717, 1.165) is 23.2 Å². The van der Waals surface area contributed by atoms with Gasteiger partial charge in [0.25, 0.3) is 0 Å². The number of fused-ring (bicyclic) bond motifs is 1. The zero-order chi connectivity index (χ0) is 12.6. The quantitative estimate of drug-likeness (QED) is 0.886. The highest BCUT2D eigenvalue weighted by Gasteiger charge is 2.23. The van der Waals surface area contributed by atoms with Gasteiger partial charge < -0.3 is 15.0 Å². The first-order chi connectivity index (χ1) is 7.99. The van der Waals surface area contributed by atoms with Gasteiger partial charge in [-0.1, -0.05) is 6.92 Å². The molecule has 2 aromatic rings. The summed E-state index contributed by atoms with van der Waals surface area (Å²) in [4.78, 5) is 4.39. The van der Waals surface area contributed by atoms with Crippen LogP contribution in [0.3, 0.4) is 0 Å². The van der Waals surface area contributed by atoms with Crippen LogP contribution in [-0.2, 0) is 5.54 Å². The van der Waals surface area contributed by atoms with Crippen LogP contribution in [0.15, 0.2) is 18.2 Å². The summed E-state index contributed by atoms with van der Waals surface area (Å²) in [5, 5.41) is 0. The molecule has 0 unspecified atom stereocenters. The number of rotatable bonds is 3. The molecule has 0 fully saturated rings. The second kappa shape index (κ2) is 3.95. The van der Waals surface area contributed by atoms with E-state index >= 15 is 0 Å². The van der Waals surface area contributed by atoms with Gasteiger partial charge in [0.15, 0.2) is 0 Å². The summed E-state index contributed by atoms with van der Waals surface area (Å²) in [6.07, 6.45) is 0.986. The number of anilines is 1. The van der Waals surface area contributed by atoms with Crippen molar-refractivity contribution in [3.05, 3.63) is 18.2 Å². The fourth-order valence-corrected chi connectivity index (χ4v) is 1.99. The molecular formula is C13H19N3O. The Morgan fingerprint density at radius 3 is 2.71 bits per heavy atom. The van der Waals surface area contributed by atoms with E-state index in [4.69, 9.17) is 10.5 Å². The summed E-state index contributed by atoms with van der Waals surface area (Å²) in [6, 6.07) is 5.82. The predicted molar refractivity (Wildman–Crippen MR) is 70.3 cm³/mol. The Labute approximate surface area is 101 Å². The monoisotopic (exact) mass is 233 g/mol. The molecule has 2 N–H and O–H groups in total. The molecular weight excluding hydrogens is 214 g/mol. The Bertz CT molecular complexity index is 543. The SMILES string of the molecule is CCC(C)(C)n1c(N)nc2ccc(OC)cc21. The van der Waals surface area contributed by atoms with E-state index in [-0.39, 0.29) is 5.54 Å². The number of nitrogens with two attached hydrogens (primary N) is 1. The van der Waals surface area contributed by atoms with Crippen LogP contribution in [0.5, 0.6) is 5.75 Å². The van der Waals surface area contributed by atoms with Crippen molar-refractivity contribution in [2.75, 3.05) is 12.8 Å². The maximum absolute atomic E-state index is 6.02. The largest absolute Gasteiger partial charge is 0.497 e. The van der Waals surface area contributed by atoms with E-state index in [2.05, 4.69) is 30.3 Å². The lowest BCUT2D eigenvalue weighted by Gasteiger charge is -2.26. The number of benzene rings is 1. The standard InChI is InChI=1S/C13H19N3O/c1-5-13(2,3)16-11-8-9(17-4)6-7-10(11)15-12(16)14/h6-8H,5H2,1-4H3,(H2,14,15). The van der Waals surface area contributed by atoms with Gasteiger partial charge in [0.2, 0.25) is 5.95 Å². The Morgan fingerprint density at radius 1 is 1.41 bits per heavy atom. The van der Waals surface area contributed by atoms with E-state index in [1.807, 2.05) is 18.2 Å². The minimum absolute atomic E-state index is 0.0504. The van der Waals surface area contributed by atoms with Crippen molar-refractivity contribution in [2.24, 2.45) is 0 Å². The minimum atomic E-state index is -0.0504. The lowest BCUT2D eigenvalue weighted by Crippen LogP contribution is -2.26. The number of nitrogen functional groups attached to an aromatic ring is 1. The molecule has 4 heteroatoms. The molecule has 0 amide bonds. The third-order valence-corrected chi connectivity index (χ3v) is 3.36. The van der Waals surface area contributed by atoms with Crippen LogP contribution in [0.2, 0.25) is 0 Å². The molecule has 0 bridgehead atoms. The first-order valence-corrected chi connectivity index (χ1v) is 5.82. The van der Waals surface area contributed by atoms with Crippen molar-refractivity contribution in [1.82, 2.24) is 9.55 Å². The highest BCUT2D eigenvalue weighted by atomic mass is 16.5. The Kier molecular flexibility index (Phi) is 2.73. The number of methoxy groups -OCH3 is 1. The molecule has 0 aliphatic carbocycles. The van der Waals surface area contributed by atoms with Crippen LogP contribution in [0.4, 0.5) is 5.95 Å². The molecule has 92 valence electrons. The smallest absolute Gasteiger partial charge is 0.201 e. The van der Waals surface area contributed by atoms with Crippen LogP contribution < -0.4 is 10.5 Å². The van der Waals surface area contributed by atoms with E-state index in [9.17, 15) is 0 Å². The van der Waals surface area contributed by atoms with Crippen LogP contribution in [0.25, 0.3) is 11.0 Å². The minimum Gasteiger partial charge on any atom is -0.497 e. The lowest BCUT2D eigenvalue weighted by molar-refractivity contribution is 0.356. The van der Waals surface area contributed by atoms with E-state index in [1.165, 1.54) is 0 Å². The number of imidazole rings is 1. The summed E-state index contributed by atoms with van der Waals surface area (Å²) < 4.78 is 7.33. The molecule has 0 saturated carbocycles. The summed E-state index contributed by atoms with van der Waals surface area (Å²) in [5.41, 5.74) is 7.90. The third kappa shape index (κ3) is 1.84. The van der Waals surface area contributed by atoms with Crippen molar-refractivity contribution in [2.45, 2.75) is 32.7 Å². The van der Waals surface area contributed by atoms with Gasteiger partial charge in [-0.15, -0.1) is 0 Å². The molecule has 1 aromatic carbocycles. The molecule has 17 heavy (non-hydrogen) atoms. The average molecular weight is 233 g/mol. The molecule has 0 saturated heterocycles. The van der Waals surface area contributed by atoms with Crippen molar-refractivity contribution < 1.29 is 4.74 Å². The summed E-state index contributed by atoms with van der Waals surface area (Å²) in [6.45, 7) is 6.46. The van der Waals surface area contributed by atoms with Gasteiger partial charge in [-0.2, -0.15) is 0 Å². The Hall–Kier alpha value is -1.71. The lowest BCUT2D eigenvalue weighted by atomic mass is 10.0. The Morgan fingerprint density at radius 2 is 2.12 bits per heavy atom. The third-order valence-electron chi connectivity index (χ3n) is 3.36. The van der Waals surface area contributed by atoms with Gasteiger partial charge in [-0.25, -0.2) is 4.98 Å². The first kappa shape index (κ1) is 11.8. The summed E-state index contributed by atoms with van der Waals surface area (Å²) in [5.74, 6) is 1.38. The van der Waals surface area contributed by atoms with Crippen LogP contribution in [0, 0.1) is 0 Å². The zero-order valence-corrected chi connectivity index (χ0v) is 10.8. The number of aromatic nitrogens is 2. The molecule has 1 heterocycles. The Balaban J connectivity index is 2.72. The van der Waals surface area contributed by atoms with Crippen molar-refractivity contribution in [3.8, 4) is 5.75 Å². The van der Waals surface area contributed by atoms with Crippen LogP contribution >= 0.6 is 0 Å². The molecule has 0 atom stereocenters. The molecule has 0 radical (unpaired) electrons. The number of ether oxygens (including phenoxy) is 1. The zero-order valence-electron chi connectivity index (χ0n) is 10.8. The van der Waals surface area contributed by atoms with Crippen LogP contribution in [0.1, 0.15) is 27.2 Å². The highest BCUT2D eigenvalue weighted by molar-refractivity contribution is 5.80. The van der Waals surface area contributed by atoms with Gasteiger partial charge in [0.05, 0.1) is 18.1 Å². The normalized spacial score (nSPS) is 12.0. The summed E-state index contributed by atoms with van der Waals surface area (Å²) >= 11 is 0. The molecule has 0 spiro atoms. The number of hydrogen-bond acceptors (Lipinski definition) is 3. The van der Waals surface area contributed by atoms with Gasteiger partial charge in [0, 0.05) is 11.6 Å². The summed E-state index contributed by atoms with van der Waals surface area (Å²) in [7, 11) is 1.66. The first-order valence-electron chi connectivity index (χ1n) is 5.82. The van der Waals surface area contributed by atoms with Gasteiger partial charge in [-0.05, 0) is 32.4 Å².